The topological polar surface area (TPSA) is 76.3 Å². The molecule has 0 atom stereocenters. The fraction of sp³-hybridized carbons (Fsp3) is 0.429. The minimum Gasteiger partial charge on any atom is -0.481 e. The average molecular weight is 277 g/mol. The van der Waals surface area contributed by atoms with E-state index in [9.17, 15) is 9.59 Å². The maximum Gasteiger partial charge on any atom is 0.328 e. The minimum absolute atomic E-state index is 0.0356. The van der Waals surface area contributed by atoms with Crippen LogP contribution in [0.15, 0.2) is 23.0 Å². The van der Waals surface area contributed by atoms with Gasteiger partial charge in [-0.2, -0.15) is 0 Å². The van der Waals surface area contributed by atoms with E-state index >= 15 is 0 Å². The summed E-state index contributed by atoms with van der Waals surface area (Å²) >= 11 is 0. The third-order valence-corrected chi connectivity index (χ3v) is 3.41. The Hall–Kier alpha value is -2.08. The van der Waals surface area contributed by atoms with Crippen molar-refractivity contribution in [3.8, 4) is 0 Å². The number of hydrogen-bond donors (Lipinski definition) is 2. The molecule has 6 heteroatoms. The molecule has 108 valence electrons. The van der Waals surface area contributed by atoms with E-state index in [4.69, 9.17) is 5.11 Å². The molecule has 0 amide bonds. The molecule has 20 heavy (non-hydrogen) atoms. The zero-order valence-electron chi connectivity index (χ0n) is 11.7. The standard InChI is InChI=1S/C14H19N3O3/c1-16-11-6-5-10(8-12(11)17(2)14(16)20)9-15-7-3-4-13(18)19/h5-6,8,15H,3-4,7,9H2,1-2H3,(H,18,19). The normalized spacial score (nSPS) is 11.1. The summed E-state index contributed by atoms with van der Waals surface area (Å²) in [6, 6.07) is 5.90. The number of aromatic nitrogens is 2. The molecular formula is C14H19N3O3. The summed E-state index contributed by atoms with van der Waals surface area (Å²) in [4.78, 5) is 22.2. The molecule has 2 N–H and O–H groups in total. The van der Waals surface area contributed by atoms with Crippen molar-refractivity contribution in [3.05, 3.63) is 34.2 Å². The Morgan fingerprint density at radius 3 is 2.65 bits per heavy atom. The first-order valence-corrected chi connectivity index (χ1v) is 6.57. The molecule has 0 saturated carbocycles. The van der Waals surface area contributed by atoms with E-state index < -0.39 is 5.97 Å². The van der Waals surface area contributed by atoms with Crippen LogP contribution in [-0.4, -0.2) is 26.8 Å². The summed E-state index contributed by atoms with van der Waals surface area (Å²) in [5.41, 5.74) is 2.86. The van der Waals surface area contributed by atoms with Crippen LogP contribution in [0.3, 0.4) is 0 Å². The minimum atomic E-state index is -0.771. The van der Waals surface area contributed by atoms with E-state index in [2.05, 4.69) is 5.32 Å². The predicted molar refractivity (Wildman–Crippen MR) is 76.7 cm³/mol. The smallest absolute Gasteiger partial charge is 0.328 e. The van der Waals surface area contributed by atoms with Gasteiger partial charge in [-0.15, -0.1) is 0 Å². The zero-order chi connectivity index (χ0) is 14.7. The van der Waals surface area contributed by atoms with Crippen molar-refractivity contribution in [2.45, 2.75) is 19.4 Å². The third kappa shape index (κ3) is 2.91. The van der Waals surface area contributed by atoms with Crippen LogP contribution < -0.4 is 11.0 Å². The van der Waals surface area contributed by atoms with Gasteiger partial charge in [0.15, 0.2) is 0 Å². The molecule has 0 radical (unpaired) electrons. The summed E-state index contributed by atoms with van der Waals surface area (Å²) in [5.74, 6) is -0.771. The van der Waals surface area contributed by atoms with Gasteiger partial charge >= 0.3 is 11.7 Å². The first-order chi connectivity index (χ1) is 9.50. The van der Waals surface area contributed by atoms with Crippen LogP contribution in [0.25, 0.3) is 11.0 Å². The van der Waals surface area contributed by atoms with E-state index in [-0.39, 0.29) is 12.1 Å². The van der Waals surface area contributed by atoms with Crippen LogP contribution >= 0.6 is 0 Å². The molecule has 0 aliphatic heterocycles. The fourth-order valence-corrected chi connectivity index (χ4v) is 2.26. The monoisotopic (exact) mass is 277 g/mol. The van der Waals surface area contributed by atoms with E-state index in [1.54, 1.807) is 23.2 Å². The Morgan fingerprint density at radius 1 is 1.25 bits per heavy atom. The highest BCUT2D eigenvalue weighted by Crippen LogP contribution is 2.13. The van der Waals surface area contributed by atoms with Crippen LogP contribution in [0.5, 0.6) is 0 Å². The maximum atomic E-state index is 11.8. The van der Waals surface area contributed by atoms with Gasteiger partial charge in [0.2, 0.25) is 0 Å². The number of nitrogens with zero attached hydrogens (tertiary/aromatic N) is 2. The van der Waals surface area contributed by atoms with Crippen LogP contribution in [0.1, 0.15) is 18.4 Å². The molecule has 0 fully saturated rings. The molecule has 2 rings (SSSR count). The van der Waals surface area contributed by atoms with Crippen molar-refractivity contribution in [1.29, 1.82) is 0 Å². The van der Waals surface area contributed by atoms with Crippen LogP contribution in [-0.2, 0) is 25.4 Å². The first-order valence-electron chi connectivity index (χ1n) is 6.57. The molecule has 0 bridgehead atoms. The van der Waals surface area contributed by atoms with Gasteiger partial charge < -0.3 is 10.4 Å². The Labute approximate surface area is 116 Å². The predicted octanol–water partition coefficient (Wildman–Crippen LogP) is 0.831. The van der Waals surface area contributed by atoms with Gasteiger partial charge in [-0.3, -0.25) is 13.9 Å². The molecule has 0 saturated heterocycles. The largest absolute Gasteiger partial charge is 0.481 e. The lowest BCUT2D eigenvalue weighted by Crippen LogP contribution is -2.19. The zero-order valence-corrected chi connectivity index (χ0v) is 11.7. The lowest BCUT2D eigenvalue weighted by molar-refractivity contribution is -0.137. The number of carboxylic acids is 1. The van der Waals surface area contributed by atoms with Gasteiger partial charge in [-0.25, -0.2) is 4.79 Å². The van der Waals surface area contributed by atoms with Crippen LogP contribution in [0.4, 0.5) is 0 Å². The number of carboxylic acid groups (broad SMARTS) is 1. The van der Waals surface area contributed by atoms with Crippen LogP contribution in [0, 0.1) is 0 Å². The second-order valence-electron chi connectivity index (χ2n) is 4.90. The summed E-state index contributed by atoms with van der Waals surface area (Å²) < 4.78 is 3.25. The SMILES string of the molecule is Cn1c(=O)n(C)c2cc(CNCCCC(=O)O)ccc21. The van der Waals surface area contributed by atoms with E-state index in [0.29, 0.717) is 19.5 Å². The number of aliphatic carboxylic acids is 1. The Balaban J connectivity index is 2.03. The van der Waals surface area contributed by atoms with Crippen molar-refractivity contribution < 1.29 is 9.90 Å². The van der Waals surface area contributed by atoms with Crippen molar-refractivity contribution in [3.63, 3.8) is 0 Å². The number of carbonyl (C=O) groups is 1. The third-order valence-electron chi connectivity index (χ3n) is 3.41. The summed E-state index contributed by atoms with van der Waals surface area (Å²) in [5, 5.41) is 11.7. The molecule has 0 aliphatic carbocycles. The summed E-state index contributed by atoms with van der Waals surface area (Å²) in [7, 11) is 3.52. The maximum absolute atomic E-state index is 11.8. The summed E-state index contributed by atoms with van der Waals surface area (Å²) in [6.07, 6.45) is 0.792. The summed E-state index contributed by atoms with van der Waals surface area (Å²) in [6.45, 7) is 1.33. The Bertz CT molecular complexity index is 685. The molecule has 1 aromatic carbocycles. The highest BCUT2D eigenvalue weighted by Gasteiger charge is 2.07. The average Bonchev–Trinajstić information content (AvgIpc) is 2.63. The number of aryl methyl sites for hydroxylation is 2. The molecule has 2 aromatic rings. The Kier molecular flexibility index (Phi) is 4.24. The lowest BCUT2D eigenvalue weighted by atomic mass is 10.2. The quantitative estimate of drug-likeness (QED) is 0.767. The second kappa shape index (κ2) is 5.92. The number of fused-ring (bicyclic) bond motifs is 1. The van der Waals surface area contributed by atoms with Gasteiger partial charge in [0.25, 0.3) is 0 Å². The van der Waals surface area contributed by atoms with Crippen molar-refractivity contribution in [2.75, 3.05) is 6.54 Å². The van der Waals surface area contributed by atoms with E-state index in [1.807, 2.05) is 18.2 Å². The molecule has 1 heterocycles. The fourth-order valence-electron chi connectivity index (χ4n) is 2.26. The second-order valence-corrected chi connectivity index (χ2v) is 4.90. The van der Waals surface area contributed by atoms with Crippen molar-refractivity contribution >= 4 is 17.0 Å². The van der Waals surface area contributed by atoms with Crippen LogP contribution in [0.2, 0.25) is 0 Å². The molecule has 0 unspecified atom stereocenters. The number of benzene rings is 1. The van der Waals surface area contributed by atoms with Gasteiger partial charge in [0, 0.05) is 27.1 Å². The van der Waals surface area contributed by atoms with Gasteiger partial charge in [0.1, 0.15) is 0 Å². The van der Waals surface area contributed by atoms with E-state index in [0.717, 1.165) is 16.6 Å². The molecular weight excluding hydrogens is 258 g/mol. The number of nitrogens with one attached hydrogen (secondary N) is 1. The number of hydrogen-bond acceptors (Lipinski definition) is 3. The number of imidazole rings is 1. The highest BCUT2D eigenvalue weighted by molar-refractivity contribution is 5.76. The Morgan fingerprint density at radius 2 is 1.95 bits per heavy atom. The van der Waals surface area contributed by atoms with Crippen molar-refractivity contribution in [2.24, 2.45) is 14.1 Å². The first kappa shape index (κ1) is 14.3. The van der Waals surface area contributed by atoms with Gasteiger partial charge in [0.05, 0.1) is 11.0 Å². The molecule has 6 nitrogen and oxygen atoms in total. The van der Waals surface area contributed by atoms with Gasteiger partial charge in [-0.1, -0.05) is 6.07 Å². The van der Waals surface area contributed by atoms with Gasteiger partial charge in [-0.05, 0) is 30.7 Å². The molecule has 0 spiro atoms. The molecule has 1 aromatic heterocycles. The lowest BCUT2D eigenvalue weighted by Gasteiger charge is -2.05. The highest BCUT2D eigenvalue weighted by atomic mass is 16.4. The molecule has 0 aliphatic rings. The van der Waals surface area contributed by atoms with E-state index in [1.165, 1.54) is 0 Å². The number of rotatable bonds is 6. The van der Waals surface area contributed by atoms with Crippen molar-refractivity contribution in [1.82, 2.24) is 14.5 Å².